The van der Waals surface area contributed by atoms with E-state index in [2.05, 4.69) is 48.4 Å². The van der Waals surface area contributed by atoms with Crippen molar-refractivity contribution in [3.8, 4) is 21.8 Å². The molecule has 0 bridgehead atoms. The van der Waals surface area contributed by atoms with Gasteiger partial charge < -0.3 is 0 Å². The molecule has 0 radical (unpaired) electrons. The lowest BCUT2D eigenvalue weighted by Crippen LogP contribution is -2.13. The molecule has 0 saturated heterocycles. The number of hydrogen-bond donors (Lipinski definition) is 1. The third-order valence-corrected chi connectivity index (χ3v) is 7.91. The minimum Gasteiger partial charge on any atom is -0.298 e. The average molecular weight is 504 g/mol. The number of pyridine rings is 1. The van der Waals surface area contributed by atoms with Crippen molar-refractivity contribution in [2.45, 2.75) is 26.2 Å². The summed E-state index contributed by atoms with van der Waals surface area (Å²) < 4.78 is 0.684. The predicted molar refractivity (Wildman–Crippen MR) is 144 cm³/mol. The molecule has 1 atom stereocenters. The van der Waals surface area contributed by atoms with Crippen LogP contribution in [0, 0.1) is 0 Å². The van der Waals surface area contributed by atoms with Crippen molar-refractivity contribution in [2.24, 2.45) is 0 Å². The quantitative estimate of drug-likeness (QED) is 0.252. The molecule has 0 aliphatic rings. The van der Waals surface area contributed by atoms with E-state index in [1.54, 1.807) is 0 Å². The zero-order valence-electron chi connectivity index (χ0n) is 18.7. The van der Waals surface area contributed by atoms with Gasteiger partial charge in [0.05, 0.1) is 31.7 Å². The molecule has 4 nitrogen and oxygen atoms in total. The van der Waals surface area contributed by atoms with Crippen LogP contribution in [-0.2, 0) is 0 Å². The Labute approximate surface area is 211 Å². The number of carbonyl (C=O) groups is 1. The molecule has 5 rings (SSSR count). The fourth-order valence-electron chi connectivity index (χ4n) is 3.79. The summed E-state index contributed by atoms with van der Waals surface area (Å²) in [4.78, 5) is 23.6. The van der Waals surface area contributed by atoms with E-state index in [0.717, 1.165) is 39.2 Å². The molecule has 2 aromatic carbocycles. The zero-order chi connectivity index (χ0) is 23.7. The van der Waals surface area contributed by atoms with Crippen molar-refractivity contribution < 1.29 is 4.79 Å². The first kappa shape index (κ1) is 22.7. The lowest BCUT2D eigenvalue weighted by atomic mass is 9.97. The number of para-hydroxylation sites is 1. The Kier molecular flexibility index (Phi) is 6.46. The summed E-state index contributed by atoms with van der Waals surface area (Å²) in [5, 5.41) is 6.31. The van der Waals surface area contributed by atoms with Crippen molar-refractivity contribution in [3.05, 3.63) is 87.6 Å². The van der Waals surface area contributed by atoms with E-state index in [0.29, 0.717) is 20.9 Å². The number of nitrogens with one attached hydrogen (secondary N) is 1. The zero-order valence-corrected chi connectivity index (χ0v) is 21.1. The van der Waals surface area contributed by atoms with Gasteiger partial charge in [-0.2, -0.15) is 0 Å². The SMILES string of the molecule is CCC(C)c1ccc(-c2csc(NC(=O)c3cc(-c4ccc(Cl)s4)nc4ccccc34)n2)cc1. The molecule has 3 aromatic heterocycles. The summed E-state index contributed by atoms with van der Waals surface area (Å²) in [6, 6.07) is 21.7. The molecular weight excluding hydrogens is 482 g/mol. The van der Waals surface area contributed by atoms with Crippen LogP contribution in [0.3, 0.4) is 0 Å². The molecule has 34 heavy (non-hydrogen) atoms. The van der Waals surface area contributed by atoms with Gasteiger partial charge in [0.1, 0.15) is 0 Å². The van der Waals surface area contributed by atoms with Crippen LogP contribution in [0.2, 0.25) is 4.34 Å². The van der Waals surface area contributed by atoms with Gasteiger partial charge in [-0.05, 0) is 42.2 Å². The lowest BCUT2D eigenvalue weighted by molar-refractivity contribution is 0.102. The molecule has 0 aliphatic heterocycles. The van der Waals surface area contributed by atoms with Gasteiger partial charge in [-0.15, -0.1) is 22.7 Å². The Hall–Kier alpha value is -3.06. The second kappa shape index (κ2) is 9.66. The van der Waals surface area contributed by atoms with Crippen LogP contribution in [0.5, 0.6) is 0 Å². The maximum atomic E-state index is 13.3. The van der Waals surface area contributed by atoms with Crippen LogP contribution >= 0.6 is 34.3 Å². The molecule has 0 saturated carbocycles. The van der Waals surface area contributed by atoms with E-state index < -0.39 is 0 Å². The third-order valence-electron chi connectivity index (χ3n) is 5.90. The minimum atomic E-state index is -0.212. The van der Waals surface area contributed by atoms with E-state index in [1.165, 1.54) is 28.2 Å². The van der Waals surface area contributed by atoms with Gasteiger partial charge in [0.2, 0.25) is 0 Å². The first-order valence-corrected chi connectivity index (χ1v) is 13.1. The summed E-state index contributed by atoms with van der Waals surface area (Å²) in [7, 11) is 0. The highest BCUT2D eigenvalue weighted by Crippen LogP contribution is 2.33. The number of carbonyl (C=O) groups excluding carboxylic acids is 1. The molecule has 7 heteroatoms. The van der Waals surface area contributed by atoms with Crippen LogP contribution in [0.25, 0.3) is 32.7 Å². The molecule has 5 aromatic rings. The average Bonchev–Trinajstić information content (AvgIpc) is 3.52. The summed E-state index contributed by atoms with van der Waals surface area (Å²) in [5.74, 6) is 0.320. The number of fused-ring (bicyclic) bond motifs is 1. The Bertz CT molecular complexity index is 1470. The maximum absolute atomic E-state index is 13.3. The molecule has 0 spiro atoms. The van der Waals surface area contributed by atoms with Crippen LogP contribution < -0.4 is 5.32 Å². The van der Waals surface area contributed by atoms with Gasteiger partial charge in [-0.3, -0.25) is 10.1 Å². The highest BCUT2D eigenvalue weighted by atomic mass is 35.5. The Morgan fingerprint density at radius 2 is 1.82 bits per heavy atom. The summed E-state index contributed by atoms with van der Waals surface area (Å²) in [5.41, 5.74) is 5.25. The first-order valence-electron chi connectivity index (χ1n) is 11.0. The normalized spacial score (nSPS) is 12.1. The second-order valence-electron chi connectivity index (χ2n) is 8.10. The number of halogens is 1. The molecule has 170 valence electrons. The minimum absolute atomic E-state index is 0.212. The third kappa shape index (κ3) is 4.62. The molecule has 0 aliphatic carbocycles. The summed E-state index contributed by atoms with van der Waals surface area (Å²) in [6.07, 6.45) is 1.11. The fourth-order valence-corrected chi connectivity index (χ4v) is 5.51. The van der Waals surface area contributed by atoms with Crippen molar-refractivity contribution in [1.29, 1.82) is 0 Å². The molecule has 1 N–H and O–H groups in total. The molecule has 1 amide bonds. The molecule has 0 fully saturated rings. The van der Waals surface area contributed by atoms with Crippen molar-refractivity contribution in [2.75, 3.05) is 5.32 Å². The largest absolute Gasteiger partial charge is 0.298 e. The standard InChI is InChI=1S/C27H22ClN3OS2/c1-3-16(2)17-8-10-18(11-9-17)23-15-33-27(30-23)31-26(32)20-14-22(24-12-13-25(28)34-24)29-21-7-5-4-6-19(20)21/h4-16H,3H2,1-2H3,(H,30,31,32). The number of aromatic nitrogens is 2. The number of rotatable bonds is 6. The van der Waals surface area contributed by atoms with Crippen molar-refractivity contribution in [1.82, 2.24) is 9.97 Å². The van der Waals surface area contributed by atoms with E-state index >= 15 is 0 Å². The Balaban J connectivity index is 1.43. The van der Waals surface area contributed by atoms with Gasteiger partial charge in [0.15, 0.2) is 5.13 Å². The number of thiophene rings is 1. The molecule has 3 heterocycles. The summed E-state index contributed by atoms with van der Waals surface area (Å²) >= 11 is 8.98. The van der Waals surface area contributed by atoms with Crippen LogP contribution in [0.15, 0.2) is 72.1 Å². The van der Waals surface area contributed by atoms with Crippen LogP contribution in [0.1, 0.15) is 42.1 Å². The number of nitrogens with zero attached hydrogens (tertiary/aromatic N) is 2. The maximum Gasteiger partial charge on any atom is 0.258 e. The fraction of sp³-hybridized carbons (Fsp3) is 0.148. The van der Waals surface area contributed by atoms with Crippen LogP contribution in [0.4, 0.5) is 5.13 Å². The van der Waals surface area contributed by atoms with E-state index in [-0.39, 0.29) is 5.91 Å². The number of thiazole rings is 1. The Morgan fingerprint density at radius 1 is 1.03 bits per heavy atom. The number of hydrogen-bond acceptors (Lipinski definition) is 5. The highest BCUT2D eigenvalue weighted by Gasteiger charge is 2.17. The number of benzene rings is 2. The van der Waals surface area contributed by atoms with Crippen molar-refractivity contribution in [3.63, 3.8) is 0 Å². The van der Waals surface area contributed by atoms with E-state index in [4.69, 9.17) is 16.6 Å². The monoisotopic (exact) mass is 503 g/mol. The summed E-state index contributed by atoms with van der Waals surface area (Å²) in [6.45, 7) is 4.42. The van der Waals surface area contributed by atoms with Gasteiger partial charge in [-0.1, -0.05) is 67.9 Å². The molecular formula is C27H22ClN3OS2. The van der Waals surface area contributed by atoms with E-state index in [1.807, 2.05) is 47.8 Å². The smallest absolute Gasteiger partial charge is 0.258 e. The van der Waals surface area contributed by atoms with Gasteiger partial charge in [-0.25, -0.2) is 9.97 Å². The number of amides is 1. The van der Waals surface area contributed by atoms with Gasteiger partial charge >= 0.3 is 0 Å². The Morgan fingerprint density at radius 3 is 2.56 bits per heavy atom. The lowest BCUT2D eigenvalue weighted by Gasteiger charge is -2.09. The highest BCUT2D eigenvalue weighted by molar-refractivity contribution is 7.19. The second-order valence-corrected chi connectivity index (χ2v) is 10.7. The van der Waals surface area contributed by atoms with Crippen molar-refractivity contribution >= 4 is 56.2 Å². The number of anilines is 1. The van der Waals surface area contributed by atoms with Crippen LogP contribution in [-0.4, -0.2) is 15.9 Å². The molecule has 1 unspecified atom stereocenters. The van der Waals surface area contributed by atoms with Gasteiger partial charge in [0, 0.05) is 16.3 Å². The topological polar surface area (TPSA) is 54.9 Å². The van der Waals surface area contributed by atoms with E-state index in [9.17, 15) is 4.79 Å². The first-order chi connectivity index (χ1) is 16.5. The predicted octanol–water partition coefficient (Wildman–Crippen LogP) is 8.51. The van der Waals surface area contributed by atoms with Gasteiger partial charge in [0.25, 0.3) is 5.91 Å².